The third kappa shape index (κ3) is 3.61. The van der Waals surface area contributed by atoms with Gasteiger partial charge in [0.25, 0.3) is 0 Å². The van der Waals surface area contributed by atoms with Gasteiger partial charge in [0.15, 0.2) is 0 Å². The fourth-order valence-corrected chi connectivity index (χ4v) is 3.29. The van der Waals surface area contributed by atoms with E-state index in [1.54, 1.807) is 11.1 Å². The molecule has 0 bridgehead atoms. The molecule has 1 fully saturated rings. The standard InChI is InChI=1S/C15H27Br/c1-11(10-16)12(2)13-6-8-14(9-7-13)15(3,4)5/h13-14H,6-10H2,1-5H3. The SMILES string of the molecule is CC(CBr)=C(C)C1CCC(C(C)(C)C)CC1. The van der Waals surface area contributed by atoms with E-state index in [2.05, 4.69) is 50.5 Å². The summed E-state index contributed by atoms with van der Waals surface area (Å²) in [7, 11) is 0. The molecular weight excluding hydrogens is 260 g/mol. The molecule has 94 valence electrons. The molecule has 1 saturated carbocycles. The van der Waals surface area contributed by atoms with Crippen LogP contribution < -0.4 is 0 Å². The van der Waals surface area contributed by atoms with Crippen molar-refractivity contribution in [3.05, 3.63) is 11.1 Å². The zero-order chi connectivity index (χ0) is 12.3. The molecule has 0 aromatic rings. The van der Waals surface area contributed by atoms with Crippen molar-refractivity contribution in [2.45, 2.75) is 60.3 Å². The maximum atomic E-state index is 3.57. The van der Waals surface area contributed by atoms with Crippen molar-refractivity contribution in [3.8, 4) is 0 Å². The highest BCUT2D eigenvalue weighted by Gasteiger charge is 2.30. The summed E-state index contributed by atoms with van der Waals surface area (Å²) in [5, 5.41) is 1.04. The van der Waals surface area contributed by atoms with Gasteiger partial charge in [0.05, 0.1) is 0 Å². The summed E-state index contributed by atoms with van der Waals surface area (Å²) < 4.78 is 0. The first-order valence-electron chi connectivity index (χ1n) is 6.58. The first-order chi connectivity index (χ1) is 7.36. The summed E-state index contributed by atoms with van der Waals surface area (Å²) in [6.07, 6.45) is 5.64. The van der Waals surface area contributed by atoms with E-state index in [4.69, 9.17) is 0 Å². The highest BCUT2D eigenvalue weighted by atomic mass is 79.9. The summed E-state index contributed by atoms with van der Waals surface area (Å²) >= 11 is 3.57. The molecule has 0 saturated heterocycles. The quantitative estimate of drug-likeness (QED) is 0.460. The van der Waals surface area contributed by atoms with E-state index in [1.807, 2.05) is 0 Å². The van der Waals surface area contributed by atoms with E-state index >= 15 is 0 Å². The van der Waals surface area contributed by atoms with Crippen LogP contribution in [0.2, 0.25) is 0 Å². The summed E-state index contributed by atoms with van der Waals surface area (Å²) in [6.45, 7) is 11.8. The Morgan fingerprint density at radius 3 is 1.94 bits per heavy atom. The molecule has 0 atom stereocenters. The van der Waals surface area contributed by atoms with Crippen LogP contribution in [0.25, 0.3) is 0 Å². The van der Waals surface area contributed by atoms with Crippen LogP contribution >= 0.6 is 15.9 Å². The largest absolute Gasteiger partial charge is 0.0880 e. The Kier molecular flexibility index (Phi) is 5.10. The molecule has 1 aliphatic carbocycles. The number of halogens is 1. The van der Waals surface area contributed by atoms with Gasteiger partial charge in [-0.1, -0.05) is 47.8 Å². The van der Waals surface area contributed by atoms with Crippen molar-refractivity contribution in [1.82, 2.24) is 0 Å². The molecule has 0 aromatic carbocycles. The van der Waals surface area contributed by atoms with Gasteiger partial charge in [-0.15, -0.1) is 0 Å². The van der Waals surface area contributed by atoms with E-state index in [1.165, 1.54) is 25.7 Å². The molecule has 1 rings (SSSR count). The zero-order valence-electron chi connectivity index (χ0n) is 11.6. The zero-order valence-corrected chi connectivity index (χ0v) is 13.2. The van der Waals surface area contributed by atoms with Gasteiger partial charge in [0, 0.05) is 5.33 Å². The fraction of sp³-hybridized carbons (Fsp3) is 0.867. The van der Waals surface area contributed by atoms with E-state index in [-0.39, 0.29) is 0 Å². The van der Waals surface area contributed by atoms with Crippen LogP contribution in [0.1, 0.15) is 60.3 Å². The van der Waals surface area contributed by atoms with E-state index in [0.717, 1.165) is 17.2 Å². The average Bonchev–Trinajstić information content (AvgIpc) is 2.26. The van der Waals surface area contributed by atoms with E-state index in [0.29, 0.717) is 5.41 Å². The first kappa shape index (κ1) is 14.3. The van der Waals surface area contributed by atoms with Crippen LogP contribution in [0.15, 0.2) is 11.1 Å². The fourth-order valence-electron chi connectivity index (χ4n) is 2.85. The Balaban J connectivity index is 2.56. The number of alkyl halides is 1. The maximum absolute atomic E-state index is 3.57. The molecule has 0 N–H and O–H groups in total. The Morgan fingerprint density at radius 2 is 1.56 bits per heavy atom. The minimum atomic E-state index is 0.507. The molecule has 0 aromatic heterocycles. The lowest BCUT2D eigenvalue weighted by Crippen LogP contribution is -2.26. The van der Waals surface area contributed by atoms with Gasteiger partial charge < -0.3 is 0 Å². The lowest BCUT2D eigenvalue weighted by Gasteiger charge is -2.37. The molecule has 0 radical (unpaired) electrons. The Hall–Kier alpha value is 0.220. The van der Waals surface area contributed by atoms with Crippen LogP contribution in [0.5, 0.6) is 0 Å². The Labute approximate surface area is 110 Å². The van der Waals surface area contributed by atoms with Gasteiger partial charge in [-0.05, 0) is 56.8 Å². The Bertz CT molecular complexity index is 249. The van der Waals surface area contributed by atoms with E-state index in [9.17, 15) is 0 Å². The highest BCUT2D eigenvalue weighted by Crippen LogP contribution is 2.42. The van der Waals surface area contributed by atoms with Crippen LogP contribution in [-0.2, 0) is 0 Å². The lowest BCUT2D eigenvalue weighted by molar-refractivity contribution is 0.159. The first-order valence-corrected chi connectivity index (χ1v) is 7.70. The maximum Gasteiger partial charge on any atom is 0.0241 e. The summed E-state index contributed by atoms with van der Waals surface area (Å²) in [5.74, 6) is 1.79. The minimum Gasteiger partial charge on any atom is -0.0880 e. The Morgan fingerprint density at radius 1 is 1.06 bits per heavy atom. The van der Waals surface area contributed by atoms with Gasteiger partial charge in [-0.2, -0.15) is 0 Å². The monoisotopic (exact) mass is 286 g/mol. The van der Waals surface area contributed by atoms with Gasteiger partial charge in [-0.3, -0.25) is 0 Å². The molecule has 0 unspecified atom stereocenters. The molecule has 0 nitrogen and oxygen atoms in total. The molecule has 0 aliphatic heterocycles. The molecule has 0 heterocycles. The molecule has 16 heavy (non-hydrogen) atoms. The van der Waals surface area contributed by atoms with E-state index < -0.39 is 0 Å². The second-order valence-corrected chi connectivity index (χ2v) is 7.07. The number of allylic oxidation sites excluding steroid dienone is 2. The van der Waals surface area contributed by atoms with Gasteiger partial charge >= 0.3 is 0 Å². The molecule has 0 amide bonds. The normalized spacial score (nSPS) is 28.9. The molecule has 0 spiro atoms. The van der Waals surface area contributed by atoms with Crippen molar-refractivity contribution in [3.63, 3.8) is 0 Å². The number of hydrogen-bond acceptors (Lipinski definition) is 0. The van der Waals surface area contributed by atoms with Crippen molar-refractivity contribution < 1.29 is 0 Å². The molecule has 1 aliphatic rings. The van der Waals surface area contributed by atoms with Crippen LogP contribution in [0.3, 0.4) is 0 Å². The molecule has 1 heteroatoms. The van der Waals surface area contributed by atoms with Crippen molar-refractivity contribution >= 4 is 15.9 Å². The van der Waals surface area contributed by atoms with Gasteiger partial charge in [0.1, 0.15) is 0 Å². The van der Waals surface area contributed by atoms with Gasteiger partial charge in [-0.25, -0.2) is 0 Å². The third-order valence-electron chi connectivity index (χ3n) is 4.44. The lowest BCUT2D eigenvalue weighted by atomic mass is 9.68. The smallest absolute Gasteiger partial charge is 0.0241 e. The number of rotatable bonds is 2. The van der Waals surface area contributed by atoms with Crippen molar-refractivity contribution in [1.29, 1.82) is 0 Å². The second kappa shape index (κ2) is 5.71. The molecular formula is C15H27Br. The second-order valence-electron chi connectivity index (χ2n) is 6.51. The van der Waals surface area contributed by atoms with Crippen LogP contribution in [0.4, 0.5) is 0 Å². The summed E-state index contributed by atoms with van der Waals surface area (Å²) in [4.78, 5) is 0. The predicted molar refractivity (Wildman–Crippen MR) is 77.1 cm³/mol. The van der Waals surface area contributed by atoms with Crippen molar-refractivity contribution in [2.24, 2.45) is 17.3 Å². The average molecular weight is 287 g/mol. The number of hydrogen-bond donors (Lipinski definition) is 0. The summed E-state index contributed by atoms with van der Waals surface area (Å²) in [6, 6.07) is 0. The predicted octanol–water partition coefficient (Wildman–Crippen LogP) is 5.57. The van der Waals surface area contributed by atoms with Crippen LogP contribution in [-0.4, -0.2) is 5.33 Å². The summed E-state index contributed by atoms with van der Waals surface area (Å²) in [5.41, 5.74) is 3.69. The minimum absolute atomic E-state index is 0.507. The highest BCUT2D eigenvalue weighted by molar-refractivity contribution is 9.09. The van der Waals surface area contributed by atoms with Crippen molar-refractivity contribution in [2.75, 3.05) is 5.33 Å². The third-order valence-corrected chi connectivity index (χ3v) is 5.28. The van der Waals surface area contributed by atoms with Crippen LogP contribution in [0, 0.1) is 17.3 Å². The topological polar surface area (TPSA) is 0 Å². The van der Waals surface area contributed by atoms with Gasteiger partial charge in [0.2, 0.25) is 0 Å².